The molecule has 0 aliphatic heterocycles. The van der Waals surface area contributed by atoms with Crippen molar-refractivity contribution in [3.63, 3.8) is 0 Å². The number of nitrogens with zero attached hydrogens (tertiary/aromatic N) is 2. The van der Waals surface area contributed by atoms with Crippen LogP contribution in [0.15, 0.2) is 36.5 Å². The van der Waals surface area contributed by atoms with Crippen LogP contribution in [-0.2, 0) is 6.61 Å². The van der Waals surface area contributed by atoms with Crippen LogP contribution in [0.1, 0.15) is 31.1 Å². The first kappa shape index (κ1) is 14.5. The lowest BCUT2D eigenvalue weighted by Gasteiger charge is -2.07. The number of hydrogen-bond acceptors (Lipinski definition) is 2. The third-order valence-electron chi connectivity index (χ3n) is 2.75. The molecule has 0 amide bonds. The van der Waals surface area contributed by atoms with Crippen molar-refractivity contribution in [1.29, 1.82) is 0 Å². The summed E-state index contributed by atoms with van der Waals surface area (Å²) in [6.45, 7) is 4.61. The average molecular weight is 289 g/mol. The predicted molar refractivity (Wildman–Crippen MR) is 81.0 cm³/mol. The molecular weight excluding hydrogens is 272 g/mol. The van der Waals surface area contributed by atoms with Gasteiger partial charge >= 0.3 is 0 Å². The second-order valence-electron chi connectivity index (χ2n) is 4.60. The lowest BCUT2D eigenvalue weighted by molar-refractivity contribution is 0.298. The summed E-state index contributed by atoms with van der Waals surface area (Å²) in [4.78, 5) is 0. The molecule has 0 radical (unpaired) electrons. The number of rotatable bonds is 4. The summed E-state index contributed by atoms with van der Waals surface area (Å²) in [6, 6.07) is 9.99. The third-order valence-corrected chi connectivity index (χ3v) is 2.88. The fourth-order valence-electron chi connectivity index (χ4n) is 1.72. The van der Waals surface area contributed by atoms with Gasteiger partial charge in [-0.15, -0.1) is 11.6 Å². The fraction of sp³-hybridized carbons (Fsp3) is 0.312. The molecule has 1 heterocycles. The van der Waals surface area contributed by atoms with Gasteiger partial charge in [0, 0.05) is 12.2 Å². The summed E-state index contributed by atoms with van der Waals surface area (Å²) in [7, 11) is 0. The highest BCUT2D eigenvalue weighted by Gasteiger charge is 2.04. The number of halogens is 1. The molecule has 0 aliphatic rings. The maximum Gasteiger partial charge on any atom is 0.135 e. The van der Waals surface area contributed by atoms with Crippen LogP contribution in [-0.4, -0.2) is 15.7 Å². The van der Waals surface area contributed by atoms with E-state index in [2.05, 4.69) is 30.8 Å². The van der Waals surface area contributed by atoms with Gasteiger partial charge in [-0.1, -0.05) is 24.0 Å². The van der Waals surface area contributed by atoms with Gasteiger partial charge in [0.15, 0.2) is 0 Å². The fourth-order valence-corrected chi connectivity index (χ4v) is 1.78. The lowest BCUT2D eigenvalue weighted by atomic mass is 10.2. The predicted octanol–water partition coefficient (Wildman–Crippen LogP) is 3.63. The number of ether oxygens (including phenoxy) is 1. The highest BCUT2D eigenvalue weighted by molar-refractivity contribution is 6.19. The second kappa shape index (κ2) is 7.02. The van der Waals surface area contributed by atoms with Crippen LogP contribution in [0.25, 0.3) is 0 Å². The Balaban J connectivity index is 2.06. The zero-order valence-electron chi connectivity index (χ0n) is 11.6. The molecule has 0 bridgehead atoms. The van der Waals surface area contributed by atoms with E-state index in [1.165, 1.54) is 0 Å². The number of aromatic nitrogens is 2. The number of benzene rings is 1. The molecule has 0 saturated heterocycles. The SMILES string of the molecule is CC(C)n1ccc(COc2ccccc2C#CCCl)n1. The molecule has 3 nitrogen and oxygen atoms in total. The third kappa shape index (κ3) is 3.79. The van der Waals surface area contributed by atoms with Gasteiger partial charge in [-0.3, -0.25) is 4.68 Å². The molecule has 0 fully saturated rings. The molecule has 2 rings (SSSR count). The normalized spacial score (nSPS) is 10.2. The summed E-state index contributed by atoms with van der Waals surface area (Å²) in [5.41, 5.74) is 1.75. The Morgan fingerprint density at radius 1 is 1.30 bits per heavy atom. The molecule has 1 aromatic carbocycles. The van der Waals surface area contributed by atoms with Crippen molar-refractivity contribution in [3.05, 3.63) is 47.8 Å². The van der Waals surface area contributed by atoms with Crippen LogP contribution in [0.4, 0.5) is 0 Å². The van der Waals surface area contributed by atoms with Crippen LogP contribution >= 0.6 is 11.6 Å². The van der Waals surface area contributed by atoms with E-state index in [0.717, 1.165) is 17.0 Å². The molecule has 104 valence electrons. The summed E-state index contributed by atoms with van der Waals surface area (Å²) >= 11 is 5.58. The van der Waals surface area contributed by atoms with E-state index in [4.69, 9.17) is 16.3 Å². The van der Waals surface area contributed by atoms with Crippen LogP contribution < -0.4 is 4.74 Å². The summed E-state index contributed by atoms with van der Waals surface area (Å²) < 4.78 is 7.71. The van der Waals surface area contributed by atoms with Gasteiger partial charge in [0.05, 0.1) is 17.1 Å². The van der Waals surface area contributed by atoms with Gasteiger partial charge < -0.3 is 4.74 Å². The van der Waals surface area contributed by atoms with Crippen molar-refractivity contribution in [2.45, 2.75) is 26.5 Å². The minimum atomic E-state index is 0.313. The standard InChI is InChI=1S/C16H17ClN2O/c1-13(2)19-11-9-15(18-19)12-20-16-8-4-3-6-14(16)7-5-10-17/h3-4,6,8-9,11,13H,10,12H2,1-2H3. The zero-order valence-corrected chi connectivity index (χ0v) is 12.4. The first-order chi connectivity index (χ1) is 9.70. The van der Waals surface area contributed by atoms with E-state index >= 15 is 0 Å². The average Bonchev–Trinajstić information content (AvgIpc) is 2.93. The van der Waals surface area contributed by atoms with Crippen LogP contribution in [0.2, 0.25) is 0 Å². The monoisotopic (exact) mass is 288 g/mol. The Hall–Kier alpha value is -1.92. The van der Waals surface area contributed by atoms with E-state index in [-0.39, 0.29) is 0 Å². The molecule has 0 aliphatic carbocycles. The van der Waals surface area contributed by atoms with Gasteiger partial charge in [-0.25, -0.2) is 0 Å². The molecule has 0 unspecified atom stereocenters. The Morgan fingerprint density at radius 2 is 2.10 bits per heavy atom. The van der Waals surface area contributed by atoms with E-state index < -0.39 is 0 Å². The molecule has 0 spiro atoms. The number of hydrogen-bond donors (Lipinski definition) is 0. The molecule has 4 heteroatoms. The van der Waals surface area contributed by atoms with E-state index in [9.17, 15) is 0 Å². The van der Waals surface area contributed by atoms with Crippen LogP contribution in [0.5, 0.6) is 5.75 Å². The van der Waals surface area contributed by atoms with Crippen LogP contribution in [0.3, 0.4) is 0 Å². The molecule has 0 N–H and O–H groups in total. The van der Waals surface area contributed by atoms with Gasteiger partial charge in [0.25, 0.3) is 0 Å². The summed E-state index contributed by atoms with van der Waals surface area (Å²) in [5, 5.41) is 4.45. The molecule has 20 heavy (non-hydrogen) atoms. The smallest absolute Gasteiger partial charge is 0.135 e. The maximum absolute atomic E-state index is 5.79. The van der Waals surface area contributed by atoms with Crippen molar-refractivity contribution in [1.82, 2.24) is 9.78 Å². The molecule has 0 atom stereocenters. The Bertz CT molecular complexity index is 623. The van der Waals surface area contributed by atoms with Crippen molar-refractivity contribution >= 4 is 11.6 Å². The highest BCUT2D eigenvalue weighted by atomic mass is 35.5. The summed E-state index contributed by atoms with van der Waals surface area (Å²) in [6.07, 6.45) is 1.96. The van der Waals surface area contributed by atoms with Crippen molar-refractivity contribution < 1.29 is 4.74 Å². The Morgan fingerprint density at radius 3 is 2.80 bits per heavy atom. The van der Waals surface area contributed by atoms with Crippen molar-refractivity contribution in [2.24, 2.45) is 0 Å². The van der Waals surface area contributed by atoms with Crippen molar-refractivity contribution in [3.8, 4) is 17.6 Å². The topological polar surface area (TPSA) is 27.1 Å². The van der Waals surface area contributed by atoms with E-state index in [1.54, 1.807) is 0 Å². The van der Waals surface area contributed by atoms with Gasteiger partial charge in [0.1, 0.15) is 12.4 Å². The molecular formula is C16H17ClN2O. The maximum atomic E-state index is 5.79. The molecule has 0 saturated carbocycles. The first-order valence-corrected chi connectivity index (χ1v) is 7.05. The highest BCUT2D eigenvalue weighted by Crippen LogP contribution is 2.18. The quantitative estimate of drug-likeness (QED) is 0.634. The molecule has 1 aromatic heterocycles. The minimum absolute atomic E-state index is 0.313. The molecule has 2 aromatic rings. The first-order valence-electron chi connectivity index (χ1n) is 6.51. The Labute approximate surface area is 124 Å². The van der Waals surface area contributed by atoms with Gasteiger partial charge in [0.2, 0.25) is 0 Å². The number of alkyl halides is 1. The van der Waals surface area contributed by atoms with Crippen molar-refractivity contribution in [2.75, 3.05) is 5.88 Å². The van der Waals surface area contributed by atoms with Gasteiger partial charge in [-0.05, 0) is 32.0 Å². The minimum Gasteiger partial charge on any atom is -0.486 e. The van der Waals surface area contributed by atoms with E-state index in [0.29, 0.717) is 18.5 Å². The number of para-hydroxylation sites is 1. The van der Waals surface area contributed by atoms with E-state index in [1.807, 2.05) is 41.2 Å². The lowest BCUT2D eigenvalue weighted by Crippen LogP contribution is -2.03. The second-order valence-corrected chi connectivity index (χ2v) is 4.87. The zero-order chi connectivity index (χ0) is 14.4. The largest absolute Gasteiger partial charge is 0.486 e. The Kier molecular flexibility index (Phi) is 5.09. The van der Waals surface area contributed by atoms with Crippen LogP contribution in [0, 0.1) is 11.8 Å². The van der Waals surface area contributed by atoms with Gasteiger partial charge in [-0.2, -0.15) is 5.10 Å². The summed E-state index contributed by atoms with van der Waals surface area (Å²) in [5.74, 6) is 6.89.